The minimum Gasteiger partial charge on any atom is -0.497 e. The van der Waals surface area contributed by atoms with E-state index >= 15 is 0 Å². The van der Waals surface area contributed by atoms with Gasteiger partial charge in [0.1, 0.15) is 11.8 Å². The number of ether oxygens (including phenoxy) is 1. The van der Waals surface area contributed by atoms with Gasteiger partial charge < -0.3 is 14.5 Å². The van der Waals surface area contributed by atoms with Crippen LogP contribution in [0.15, 0.2) is 48.7 Å². The molecule has 2 amide bonds. The molecule has 1 aliphatic heterocycles. The second-order valence-electron chi connectivity index (χ2n) is 6.11. The van der Waals surface area contributed by atoms with E-state index in [0.717, 1.165) is 5.56 Å². The van der Waals surface area contributed by atoms with E-state index < -0.39 is 6.04 Å². The van der Waals surface area contributed by atoms with Crippen LogP contribution in [0.4, 0.5) is 0 Å². The van der Waals surface area contributed by atoms with Gasteiger partial charge in [-0.3, -0.25) is 14.6 Å². The highest BCUT2D eigenvalue weighted by atomic mass is 16.5. The summed E-state index contributed by atoms with van der Waals surface area (Å²) in [6, 6.07) is 12.7. The molecule has 1 aromatic carbocycles. The number of amides is 2. The SMILES string of the molecule is COc1ccnc(CN2C(=O)CN(C)C(=O)[C@@H]2Cc2ccccc2)c1. The summed E-state index contributed by atoms with van der Waals surface area (Å²) in [5, 5.41) is 0. The normalized spacial score (nSPS) is 17.8. The van der Waals surface area contributed by atoms with Crippen LogP contribution in [-0.2, 0) is 22.6 Å². The number of methoxy groups -OCH3 is 1. The predicted molar refractivity (Wildman–Crippen MR) is 92.9 cm³/mol. The van der Waals surface area contributed by atoms with E-state index in [1.54, 1.807) is 37.4 Å². The second-order valence-corrected chi connectivity index (χ2v) is 6.11. The molecule has 1 fully saturated rings. The maximum Gasteiger partial charge on any atom is 0.245 e. The minimum absolute atomic E-state index is 0.0497. The number of nitrogens with zero attached hydrogens (tertiary/aromatic N) is 3. The molecule has 0 bridgehead atoms. The number of hydrogen-bond acceptors (Lipinski definition) is 4. The summed E-state index contributed by atoms with van der Waals surface area (Å²) in [6.07, 6.45) is 2.13. The lowest BCUT2D eigenvalue weighted by molar-refractivity contribution is -0.155. The van der Waals surface area contributed by atoms with E-state index in [1.165, 1.54) is 4.90 Å². The first-order valence-electron chi connectivity index (χ1n) is 8.16. The Morgan fingerprint density at radius 2 is 1.96 bits per heavy atom. The van der Waals surface area contributed by atoms with Crippen molar-refractivity contribution in [3.8, 4) is 5.75 Å². The number of carbonyl (C=O) groups is 2. The van der Waals surface area contributed by atoms with Gasteiger partial charge in [-0.15, -0.1) is 0 Å². The zero-order valence-electron chi connectivity index (χ0n) is 14.4. The molecule has 0 spiro atoms. The Balaban J connectivity index is 1.86. The molecule has 0 unspecified atom stereocenters. The number of aromatic nitrogens is 1. The summed E-state index contributed by atoms with van der Waals surface area (Å²) in [4.78, 5) is 32.7. The molecule has 25 heavy (non-hydrogen) atoms. The van der Waals surface area contributed by atoms with Gasteiger partial charge in [0.05, 0.1) is 25.9 Å². The Morgan fingerprint density at radius 1 is 1.20 bits per heavy atom. The zero-order chi connectivity index (χ0) is 17.8. The smallest absolute Gasteiger partial charge is 0.245 e. The van der Waals surface area contributed by atoms with E-state index in [1.807, 2.05) is 30.3 Å². The summed E-state index contributed by atoms with van der Waals surface area (Å²) in [5.41, 5.74) is 1.72. The Kier molecular flexibility index (Phi) is 4.97. The van der Waals surface area contributed by atoms with Crippen LogP contribution in [-0.4, -0.2) is 53.3 Å². The van der Waals surface area contributed by atoms with Crippen LogP contribution in [0.5, 0.6) is 5.75 Å². The predicted octanol–water partition coefficient (Wildman–Crippen LogP) is 1.50. The number of pyridine rings is 1. The van der Waals surface area contributed by atoms with Gasteiger partial charge in [-0.1, -0.05) is 30.3 Å². The highest BCUT2D eigenvalue weighted by Gasteiger charge is 2.37. The van der Waals surface area contributed by atoms with Crippen molar-refractivity contribution in [1.82, 2.24) is 14.8 Å². The molecule has 6 heteroatoms. The average molecular weight is 339 g/mol. The Hall–Kier alpha value is -2.89. The van der Waals surface area contributed by atoms with Gasteiger partial charge in [0.2, 0.25) is 11.8 Å². The molecular weight excluding hydrogens is 318 g/mol. The largest absolute Gasteiger partial charge is 0.497 e. The van der Waals surface area contributed by atoms with Crippen LogP contribution in [0.2, 0.25) is 0 Å². The van der Waals surface area contributed by atoms with Crippen molar-refractivity contribution < 1.29 is 14.3 Å². The number of likely N-dealkylation sites (N-methyl/N-ethyl adjacent to an activating group) is 1. The van der Waals surface area contributed by atoms with Gasteiger partial charge in [-0.25, -0.2) is 0 Å². The lowest BCUT2D eigenvalue weighted by Gasteiger charge is -2.38. The molecule has 0 aliphatic carbocycles. The van der Waals surface area contributed by atoms with E-state index in [0.29, 0.717) is 17.9 Å². The highest BCUT2D eigenvalue weighted by Crippen LogP contribution is 2.20. The van der Waals surface area contributed by atoms with Crippen LogP contribution in [0.25, 0.3) is 0 Å². The molecule has 0 saturated carbocycles. The fourth-order valence-electron chi connectivity index (χ4n) is 3.01. The zero-order valence-corrected chi connectivity index (χ0v) is 14.4. The third kappa shape index (κ3) is 3.79. The molecule has 2 heterocycles. The summed E-state index contributed by atoms with van der Waals surface area (Å²) < 4.78 is 5.21. The lowest BCUT2D eigenvalue weighted by Crippen LogP contribution is -2.59. The topological polar surface area (TPSA) is 62.7 Å². The molecule has 0 N–H and O–H groups in total. The van der Waals surface area contributed by atoms with E-state index in [9.17, 15) is 9.59 Å². The van der Waals surface area contributed by atoms with Crippen LogP contribution < -0.4 is 4.74 Å². The standard InChI is InChI=1S/C19H21N3O3/c1-21-13-18(23)22(12-15-11-16(25-2)8-9-20-15)17(19(21)24)10-14-6-4-3-5-7-14/h3-9,11,17H,10,12-13H2,1-2H3/t17-/m0/s1. The number of rotatable bonds is 5. The van der Waals surface area contributed by atoms with Gasteiger partial charge in [-0.05, 0) is 11.6 Å². The molecule has 1 aliphatic rings. The number of hydrogen-bond donors (Lipinski definition) is 0. The average Bonchev–Trinajstić information content (AvgIpc) is 2.63. The first kappa shape index (κ1) is 17.0. The van der Waals surface area contributed by atoms with Gasteiger partial charge in [0.25, 0.3) is 0 Å². The van der Waals surface area contributed by atoms with Gasteiger partial charge in [0, 0.05) is 25.7 Å². The Labute approximate surface area is 147 Å². The third-order valence-electron chi connectivity index (χ3n) is 4.36. The molecule has 1 aromatic heterocycles. The van der Waals surface area contributed by atoms with Crippen molar-refractivity contribution in [2.24, 2.45) is 0 Å². The van der Waals surface area contributed by atoms with E-state index in [4.69, 9.17) is 4.74 Å². The van der Waals surface area contributed by atoms with Gasteiger partial charge in [-0.2, -0.15) is 0 Å². The van der Waals surface area contributed by atoms with Crippen LogP contribution in [0, 0.1) is 0 Å². The van der Waals surface area contributed by atoms with Crippen molar-refractivity contribution in [2.75, 3.05) is 20.7 Å². The molecule has 0 radical (unpaired) electrons. The van der Waals surface area contributed by atoms with Crippen molar-refractivity contribution in [2.45, 2.75) is 19.0 Å². The first-order chi connectivity index (χ1) is 12.1. The monoisotopic (exact) mass is 339 g/mol. The number of benzene rings is 1. The molecule has 2 aromatic rings. The van der Waals surface area contributed by atoms with Crippen molar-refractivity contribution in [3.63, 3.8) is 0 Å². The molecule has 1 atom stereocenters. The summed E-state index contributed by atoms with van der Waals surface area (Å²) in [7, 11) is 3.25. The quantitative estimate of drug-likeness (QED) is 0.828. The van der Waals surface area contributed by atoms with E-state index in [-0.39, 0.29) is 24.9 Å². The van der Waals surface area contributed by atoms with Crippen LogP contribution in [0.1, 0.15) is 11.3 Å². The highest BCUT2D eigenvalue weighted by molar-refractivity contribution is 5.94. The maximum atomic E-state index is 12.7. The van der Waals surface area contributed by atoms with Crippen molar-refractivity contribution in [1.29, 1.82) is 0 Å². The van der Waals surface area contributed by atoms with E-state index in [2.05, 4.69) is 4.98 Å². The summed E-state index contributed by atoms with van der Waals surface area (Å²) in [6.45, 7) is 0.376. The molecular formula is C19H21N3O3. The fourth-order valence-corrected chi connectivity index (χ4v) is 3.01. The molecule has 3 rings (SSSR count). The summed E-state index contributed by atoms with van der Waals surface area (Å²) in [5.74, 6) is 0.552. The van der Waals surface area contributed by atoms with Crippen molar-refractivity contribution in [3.05, 3.63) is 59.9 Å². The fraction of sp³-hybridized carbons (Fsp3) is 0.316. The first-order valence-corrected chi connectivity index (χ1v) is 8.16. The van der Waals surface area contributed by atoms with Gasteiger partial charge >= 0.3 is 0 Å². The molecule has 130 valence electrons. The Morgan fingerprint density at radius 3 is 2.68 bits per heavy atom. The Bertz CT molecular complexity index is 764. The lowest BCUT2D eigenvalue weighted by atomic mass is 10.0. The van der Waals surface area contributed by atoms with Crippen molar-refractivity contribution >= 4 is 11.8 Å². The third-order valence-corrected chi connectivity index (χ3v) is 4.36. The number of piperazine rings is 1. The van der Waals surface area contributed by atoms with Crippen LogP contribution in [0.3, 0.4) is 0 Å². The maximum absolute atomic E-state index is 12.7. The summed E-state index contributed by atoms with van der Waals surface area (Å²) >= 11 is 0. The molecule has 1 saturated heterocycles. The van der Waals surface area contributed by atoms with Crippen LogP contribution >= 0.6 is 0 Å². The molecule has 6 nitrogen and oxygen atoms in total. The number of carbonyl (C=O) groups excluding carboxylic acids is 2. The second kappa shape index (κ2) is 7.34. The van der Waals surface area contributed by atoms with Gasteiger partial charge in [0.15, 0.2) is 0 Å². The minimum atomic E-state index is -0.526.